The summed E-state index contributed by atoms with van der Waals surface area (Å²) in [6, 6.07) is 15.2. The SMILES string of the molecule is CCCN(C(=O)C(=C(C#N)C#N)C(Cc1cc(Cl)cc(Cl)c1)N1CCNC1)c1cc(CN2CCCCC2)ccc1C. The number of rotatable bonds is 10. The number of anilines is 1. The monoisotopic (exact) mass is 592 g/mol. The van der Waals surface area contributed by atoms with Gasteiger partial charge in [-0.1, -0.05) is 48.7 Å². The zero-order valence-electron chi connectivity index (χ0n) is 23.9. The minimum Gasteiger partial charge on any atom is -0.308 e. The molecule has 0 spiro atoms. The van der Waals surface area contributed by atoms with Crippen molar-refractivity contribution in [3.63, 3.8) is 0 Å². The summed E-state index contributed by atoms with van der Waals surface area (Å²) in [6.45, 7) is 9.47. The lowest BCUT2D eigenvalue weighted by Crippen LogP contribution is -2.45. The number of nitrogens with one attached hydrogen (secondary N) is 1. The van der Waals surface area contributed by atoms with Gasteiger partial charge in [0.2, 0.25) is 0 Å². The van der Waals surface area contributed by atoms with Gasteiger partial charge in [0.25, 0.3) is 5.91 Å². The molecule has 0 radical (unpaired) electrons. The molecule has 2 aliphatic rings. The number of allylic oxidation sites excluding steroid dienone is 1. The second kappa shape index (κ2) is 14.8. The zero-order chi connectivity index (χ0) is 29.4. The molecule has 1 N–H and O–H groups in total. The van der Waals surface area contributed by atoms with Crippen molar-refractivity contribution in [1.29, 1.82) is 10.5 Å². The number of nitrogens with zero attached hydrogens (tertiary/aromatic N) is 5. The van der Waals surface area contributed by atoms with E-state index in [9.17, 15) is 15.3 Å². The molecule has 2 aromatic rings. The first-order valence-corrected chi connectivity index (χ1v) is 15.2. The van der Waals surface area contributed by atoms with Crippen LogP contribution < -0.4 is 10.2 Å². The number of amides is 1. The largest absolute Gasteiger partial charge is 0.308 e. The van der Waals surface area contributed by atoms with Gasteiger partial charge in [-0.2, -0.15) is 10.5 Å². The highest BCUT2D eigenvalue weighted by atomic mass is 35.5. The van der Waals surface area contributed by atoms with Crippen molar-refractivity contribution in [2.45, 2.75) is 58.5 Å². The molecule has 1 atom stereocenters. The van der Waals surface area contributed by atoms with Crippen LogP contribution in [0.2, 0.25) is 10.0 Å². The van der Waals surface area contributed by atoms with E-state index < -0.39 is 6.04 Å². The van der Waals surface area contributed by atoms with Crippen LogP contribution in [0.5, 0.6) is 0 Å². The Morgan fingerprint density at radius 1 is 1.02 bits per heavy atom. The predicted octanol–water partition coefficient (Wildman–Crippen LogP) is 5.85. The normalized spacial score (nSPS) is 16.5. The molecular weight excluding hydrogens is 555 g/mol. The second-order valence-electron chi connectivity index (χ2n) is 10.9. The minimum atomic E-state index is -0.516. The molecule has 9 heteroatoms. The highest BCUT2D eigenvalue weighted by Crippen LogP contribution is 2.30. The van der Waals surface area contributed by atoms with Gasteiger partial charge >= 0.3 is 0 Å². The van der Waals surface area contributed by atoms with E-state index in [4.69, 9.17) is 23.2 Å². The van der Waals surface area contributed by atoms with E-state index in [1.807, 2.05) is 38.1 Å². The number of carbonyl (C=O) groups is 1. The lowest BCUT2D eigenvalue weighted by atomic mass is 9.92. The van der Waals surface area contributed by atoms with Crippen LogP contribution >= 0.6 is 23.2 Å². The van der Waals surface area contributed by atoms with Gasteiger partial charge in [-0.15, -0.1) is 0 Å². The van der Waals surface area contributed by atoms with Gasteiger partial charge in [0, 0.05) is 54.6 Å². The third-order valence-electron chi connectivity index (χ3n) is 7.85. The van der Waals surface area contributed by atoms with E-state index >= 15 is 0 Å². The van der Waals surface area contributed by atoms with Crippen LogP contribution in [0.3, 0.4) is 0 Å². The number of carbonyl (C=O) groups excluding carboxylic acids is 1. The fraction of sp³-hybridized carbons (Fsp3) is 0.469. The Kier molecular flexibility index (Phi) is 11.2. The van der Waals surface area contributed by atoms with Gasteiger partial charge in [-0.05, 0) is 86.7 Å². The topological polar surface area (TPSA) is 86.4 Å². The summed E-state index contributed by atoms with van der Waals surface area (Å²) in [7, 11) is 0. The van der Waals surface area contributed by atoms with E-state index in [1.54, 1.807) is 11.0 Å². The van der Waals surface area contributed by atoms with E-state index in [1.165, 1.54) is 19.3 Å². The van der Waals surface area contributed by atoms with E-state index in [0.717, 1.165) is 55.0 Å². The number of piperidine rings is 1. The Labute approximate surface area is 253 Å². The highest BCUT2D eigenvalue weighted by Gasteiger charge is 2.35. The molecule has 4 rings (SSSR count). The molecule has 0 aromatic heterocycles. The quantitative estimate of drug-likeness (QED) is 0.275. The molecule has 41 heavy (non-hydrogen) atoms. The average Bonchev–Trinajstić information content (AvgIpc) is 3.49. The van der Waals surface area contributed by atoms with Crippen molar-refractivity contribution < 1.29 is 4.79 Å². The van der Waals surface area contributed by atoms with E-state index in [-0.39, 0.29) is 17.1 Å². The minimum absolute atomic E-state index is 0.164. The molecule has 1 amide bonds. The Morgan fingerprint density at radius 2 is 1.73 bits per heavy atom. The summed E-state index contributed by atoms with van der Waals surface area (Å²) >= 11 is 12.6. The summed E-state index contributed by atoms with van der Waals surface area (Å²) in [5, 5.41) is 24.5. The van der Waals surface area contributed by atoms with Gasteiger partial charge in [0.15, 0.2) is 0 Å². The van der Waals surface area contributed by atoms with Crippen molar-refractivity contribution >= 4 is 34.8 Å². The summed E-state index contributed by atoms with van der Waals surface area (Å²) in [5.41, 5.74) is 3.84. The number of nitriles is 2. The average molecular weight is 594 g/mol. The molecular formula is C32H38Cl2N6O. The van der Waals surface area contributed by atoms with Gasteiger partial charge in [-0.3, -0.25) is 14.6 Å². The Bertz CT molecular complexity index is 1310. The van der Waals surface area contributed by atoms with Gasteiger partial charge in [0.1, 0.15) is 17.7 Å². The van der Waals surface area contributed by atoms with Crippen molar-refractivity contribution in [2.24, 2.45) is 0 Å². The number of aryl methyl sites for hydroxylation is 1. The van der Waals surface area contributed by atoms with Crippen LogP contribution in [0.4, 0.5) is 5.69 Å². The third-order valence-corrected chi connectivity index (χ3v) is 8.29. The smallest absolute Gasteiger partial charge is 0.257 e. The summed E-state index contributed by atoms with van der Waals surface area (Å²) in [4.78, 5) is 21.0. The van der Waals surface area contributed by atoms with Crippen molar-refractivity contribution in [3.05, 3.63) is 74.3 Å². The Hall–Kier alpha value is -2.91. The molecule has 0 aliphatic carbocycles. The van der Waals surface area contributed by atoms with E-state index in [0.29, 0.717) is 36.2 Å². The fourth-order valence-electron chi connectivity index (χ4n) is 5.84. The first kappa shape index (κ1) is 31.0. The molecule has 0 bridgehead atoms. The van der Waals surface area contributed by atoms with Crippen LogP contribution in [0.1, 0.15) is 49.3 Å². The molecule has 2 aromatic carbocycles. The summed E-state index contributed by atoms with van der Waals surface area (Å²) < 4.78 is 0. The summed E-state index contributed by atoms with van der Waals surface area (Å²) in [5.74, 6) is -0.312. The Balaban J connectivity index is 1.76. The van der Waals surface area contributed by atoms with Crippen LogP contribution in [-0.2, 0) is 17.8 Å². The standard InChI is InChI=1S/C32H38Cl2N6O/c1-3-10-40(29-16-24(8-7-23(29)2)21-38-11-5-4-6-12-38)32(41)31(26(19-35)20-36)30(39-13-9-37-22-39)17-25-14-27(33)18-28(34)15-25/h7-8,14-16,18,30,37H,3-6,9-13,17,21-22H2,1-2H3. The van der Waals surface area contributed by atoms with Crippen LogP contribution in [-0.4, -0.2) is 61.1 Å². The zero-order valence-corrected chi connectivity index (χ0v) is 25.4. The van der Waals surface area contributed by atoms with Crippen LogP contribution in [0.15, 0.2) is 47.5 Å². The molecule has 7 nitrogen and oxygen atoms in total. The number of benzene rings is 2. The highest BCUT2D eigenvalue weighted by molar-refractivity contribution is 6.34. The van der Waals surface area contributed by atoms with Crippen LogP contribution in [0, 0.1) is 29.6 Å². The molecule has 2 saturated heterocycles. The van der Waals surface area contributed by atoms with Gasteiger partial charge < -0.3 is 10.2 Å². The number of likely N-dealkylation sites (tertiary alicyclic amines) is 1. The lowest BCUT2D eigenvalue weighted by molar-refractivity contribution is -0.115. The Morgan fingerprint density at radius 3 is 2.34 bits per heavy atom. The fourth-order valence-corrected chi connectivity index (χ4v) is 6.41. The third kappa shape index (κ3) is 7.89. The van der Waals surface area contributed by atoms with Crippen molar-refractivity contribution in [1.82, 2.24) is 15.1 Å². The second-order valence-corrected chi connectivity index (χ2v) is 11.8. The van der Waals surface area contributed by atoms with Crippen molar-refractivity contribution in [3.8, 4) is 12.1 Å². The number of hydrogen-bond donors (Lipinski definition) is 1. The first-order chi connectivity index (χ1) is 19.8. The maximum absolute atomic E-state index is 14.6. The number of hydrogen-bond acceptors (Lipinski definition) is 6. The molecule has 2 aliphatic heterocycles. The van der Waals surface area contributed by atoms with Crippen molar-refractivity contribution in [2.75, 3.05) is 44.3 Å². The molecule has 216 valence electrons. The van der Waals surface area contributed by atoms with Crippen LogP contribution in [0.25, 0.3) is 0 Å². The maximum Gasteiger partial charge on any atom is 0.257 e. The first-order valence-electron chi connectivity index (χ1n) is 14.4. The van der Waals surface area contributed by atoms with Gasteiger partial charge in [0.05, 0.1) is 5.57 Å². The molecule has 1 unspecified atom stereocenters. The van der Waals surface area contributed by atoms with Gasteiger partial charge in [-0.25, -0.2) is 0 Å². The maximum atomic E-state index is 14.6. The van der Waals surface area contributed by atoms with E-state index in [2.05, 4.69) is 33.3 Å². The molecule has 0 saturated carbocycles. The summed E-state index contributed by atoms with van der Waals surface area (Å²) in [6.07, 6.45) is 4.80. The predicted molar refractivity (Wildman–Crippen MR) is 165 cm³/mol. The molecule has 2 heterocycles. The molecule has 2 fully saturated rings. The lowest BCUT2D eigenvalue weighted by Gasteiger charge is -2.33. The number of halogens is 2.